The molecule has 1 atom stereocenters. The maximum absolute atomic E-state index is 10.3. The zero-order valence-electron chi connectivity index (χ0n) is 5.34. The van der Waals surface area contributed by atoms with E-state index in [1.807, 2.05) is 0 Å². The fourth-order valence-corrected chi connectivity index (χ4v) is 0.620. The van der Waals surface area contributed by atoms with Crippen LogP contribution < -0.4 is 0 Å². The number of hydrogen-bond donors (Lipinski definition) is 0. The van der Waals surface area contributed by atoms with Gasteiger partial charge in [-0.25, -0.2) is 4.57 Å². The molecule has 0 aromatic heterocycles. The fourth-order valence-electron chi connectivity index (χ4n) is 0.207. The van der Waals surface area contributed by atoms with Gasteiger partial charge in [-0.05, 0) is 0 Å². The normalized spacial score (nSPS) is 12.7. The van der Waals surface area contributed by atoms with E-state index in [-0.39, 0.29) is 6.42 Å². The highest BCUT2D eigenvalue weighted by Crippen LogP contribution is 2.21. The van der Waals surface area contributed by atoms with Gasteiger partial charge in [0.2, 0.25) is 0 Å². The first-order valence-corrected chi connectivity index (χ1v) is 3.71. The van der Waals surface area contributed by atoms with Gasteiger partial charge in [0.05, 0.1) is 0 Å². The minimum Gasteiger partial charge on any atom is -0.394 e. The molecule has 0 aromatic carbocycles. The van der Waals surface area contributed by atoms with Crippen LogP contribution in [-0.2, 0) is 18.4 Å². The molecule has 0 rings (SSSR count). The van der Waals surface area contributed by atoms with Gasteiger partial charge in [-0.1, -0.05) is 6.92 Å². The lowest BCUT2D eigenvalue weighted by Gasteiger charge is -1.97. The van der Waals surface area contributed by atoms with Gasteiger partial charge in [0.25, 0.3) is 0 Å². The Morgan fingerprint density at radius 2 is 2.22 bits per heavy atom. The molecule has 0 aromatic rings. The summed E-state index contributed by atoms with van der Waals surface area (Å²) in [6, 6.07) is 0. The summed E-state index contributed by atoms with van der Waals surface area (Å²) in [5.41, 5.74) is 0. The zero-order valence-corrected chi connectivity index (χ0v) is 6.34. The standard InChI is InChI=1S/C4H9O4P/c1-3-4(5)8-9(6)7-2/h9H,3H2,1-2H3. The van der Waals surface area contributed by atoms with Crippen molar-refractivity contribution >= 4 is 14.2 Å². The van der Waals surface area contributed by atoms with E-state index in [1.54, 1.807) is 6.92 Å². The summed E-state index contributed by atoms with van der Waals surface area (Å²) in [5.74, 6) is -0.499. The zero-order chi connectivity index (χ0) is 7.28. The summed E-state index contributed by atoms with van der Waals surface area (Å²) in [4.78, 5) is 10.3. The van der Waals surface area contributed by atoms with Gasteiger partial charge in [-0.3, -0.25) is 4.79 Å². The summed E-state index contributed by atoms with van der Waals surface area (Å²) >= 11 is 0. The van der Waals surface area contributed by atoms with Gasteiger partial charge < -0.3 is 9.05 Å². The smallest absolute Gasteiger partial charge is 0.369 e. The van der Waals surface area contributed by atoms with Crippen LogP contribution in [0.15, 0.2) is 0 Å². The second-order valence-corrected chi connectivity index (χ2v) is 2.39. The predicted octanol–water partition coefficient (Wildman–Crippen LogP) is 0.976. The van der Waals surface area contributed by atoms with Gasteiger partial charge in [-0.2, -0.15) is 0 Å². The Hall–Kier alpha value is -0.340. The van der Waals surface area contributed by atoms with Crippen molar-refractivity contribution in [1.29, 1.82) is 0 Å². The van der Waals surface area contributed by atoms with E-state index < -0.39 is 14.2 Å². The van der Waals surface area contributed by atoms with E-state index >= 15 is 0 Å². The molecule has 0 radical (unpaired) electrons. The number of carbonyl (C=O) groups is 1. The SMILES string of the molecule is CCC(=O)O[PH](=O)OC. The minimum atomic E-state index is -2.54. The van der Waals surface area contributed by atoms with Crippen LogP contribution in [-0.4, -0.2) is 13.1 Å². The van der Waals surface area contributed by atoms with E-state index in [9.17, 15) is 9.36 Å². The van der Waals surface area contributed by atoms with Crippen LogP contribution in [0.25, 0.3) is 0 Å². The first kappa shape index (κ1) is 8.66. The average Bonchev–Trinajstić information content (AvgIpc) is 1.87. The molecule has 54 valence electrons. The Balaban J connectivity index is 3.47. The Morgan fingerprint density at radius 3 is 2.56 bits per heavy atom. The molecular weight excluding hydrogens is 143 g/mol. The Bertz CT molecular complexity index is 108. The fraction of sp³-hybridized carbons (Fsp3) is 0.750. The van der Waals surface area contributed by atoms with Crippen molar-refractivity contribution in [3.05, 3.63) is 0 Å². The van der Waals surface area contributed by atoms with Gasteiger partial charge in [0.1, 0.15) is 0 Å². The molecule has 0 fully saturated rings. The molecule has 1 unspecified atom stereocenters. The van der Waals surface area contributed by atoms with Crippen molar-refractivity contribution in [3.8, 4) is 0 Å². The van der Waals surface area contributed by atoms with Crippen molar-refractivity contribution in [1.82, 2.24) is 0 Å². The van der Waals surface area contributed by atoms with Crippen molar-refractivity contribution < 1.29 is 18.4 Å². The van der Waals surface area contributed by atoms with E-state index in [2.05, 4.69) is 9.05 Å². The minimum absolute atomic E-state index is 0.222. The van der Waals surface area contributed by atoms with E-state index in [0.717, 1.165) is 0 Å². The predicted molar refractivity (Wildman–Crippen MR) is 32.4 cm³/mol. The van der Waals surface area contributed by atoms with Crippen molar-refractivity contribution in [2.45, 2.75) is 13.3 Å². The Morgan fingerprint density at radius 1 is 1.67 bits per heavy atom. The molecule has 9 heavy (non-hydrogen) atoms. The summed E-state index contributed by atoms with van der Waals surface area (Å²) in [6.45, 7) is 1.62. The maximum Gasteiger partial charge on any atom is 0.369 e. The highest BCUT2D eigenvalue weighted by atomic mass is 31.1. The first-order chi connectivity index (χ1) is 4.20. The topological polar surface area (TPSA) is 52.6 Å². The van der Waals surface area contributed by atoms with Crippen LogP contribution in [0.1, 0.15) is 13.3 Å². The third-order valence-electron chi connectivity index (χ3n) is 0.653. The van der Waals surface area contributed by atoms with Crippen LogP contribution in [0.5, 0.6) is 0 Å². The third-order valence-corrected chi connectivity index (χ3v) is 1.38. The largest absolute Gasteiger partial charge is 0.394 e. The first-order valence-electron chi connectivity index (χ1n) is 2.49. The summed E-state index contributed by atoms with van der Waals surface area (Å²) in [7, 11) is -1.31. The second kappa shape index (κ2) is 4.53. The molecule has 5 heteroatoms. The lowest BCUT2D eigenvalue weighted by molar-refractivity contribution is -0.134. The van der Waals surface area contributed by atoms with E-state index in [1.165, 1.54) is 7.11 Å². The molecule has 0 aliphatic heterocycles. The van der Waals surface area contributed by atoms with Crippen molar-refractivity contribution in [2.24, 2.45) is 0 Å². The third kappa shape index (κ3) is 4.18. The van der Waals surface area contributed by atoms with Gasteiger partial charge in [-0.15, -0.1) is 0 Å². The molecular formula is C4H9O4P. The molecule has 0 aliphatic carbocycles. The summed E-state index contributed by atoms with van der Waals surface area (Å²) in [5, 5.41) is 0. The van der Waals surface area contributed by atoms with Crippen LogP contribution in [0.2, 0.25) is 0 Å². The van der Waals surface area contributed by atoms with Gasteiger partial charge in [0, 0.05) is 13.5 Å². The Labute approximate surface area is 54.1 Å². The number of rotatable bonds is 3. The average molecular weight is 152 g/mol. The molecule has 0 saturated heterocycles. The Kier molecular flexibility index (Phi) is 4.36. The summed E-state index contributed by atoms with van der Waals surface area (Å²) in [6.07, 6.45) is 0.222. The number of hydrogen-bond acceptors (Lipinski definition) is 4. The summed E-state index contributed by atoms with van der Waals surface area (Å²) < 4.78 is 18.8. The maximum atomic E-state index is 10.3. The van der Waals surface area contributed by atoms with Crippen LogP contribution in [0.3, 0.4) is 0 Å². The highest BCUT2D eigenvalue weighted by molar-refractivity contribution is 7.34. The molecule has 4 nitrogen and oxygen atoms in total. The second-order valence-electron chi connectivity index (χ2n) is 1.28. The van der Waals surface area contributed by atoms with Crippen LogP contribution >= 0.6 is 8.25 Å². The molecule has 0 N–H and O–H groups in total. The van der Waals surface area contributed by atoms with E-state index in [4.69, 9.17) is 0 Å². The molecule has 0 spiro atoms. The van der Waals surface area contributed by atoms with Gasteiger partial charge in [0.15, 0.2) is 0 Å². The van der Waals surface area contributed by atoms with Crippen molar-refractivity contribution in [2.75, 3.05) is 7.11 Å². The van der Waals surface area contributed by atoms with Crippen LogP contribution in [0.4, 0.5) is 0 Å². The number of carbonyl (C=O) groups excluding carboxylic acids is 1. The van der Waals surface area contributed by atoms with Gasteiger partial charge >= 0.3 is 14.2 Å². The van der Waals surface area contributed by atoms with Crippen LogP contribution in [0, 0.1) is 0 Å². The van der Waals surface area contributed by atoms with E-state index in [0.29, 0.717) is 0 Å². The lowest BCUT2D eigenvalue weighted by Crippen LogP contribution is -1.94. The molecule has 0 aliphatic rings. The highest BCUT2D eigenvalue weighted by Gasteiger charge is 2.01. The molecule has 0 saturated carbocycles. The lowest BCUT2D eigenvalue weighted by atomic mass is 10.5. The monoisotopic (exact) mass is 152 g/mol. The molecule has 0 heterocycles. The quantitative estimate of drug-likeness (QED) is 0.565. The molecule has 0 bridgehead atoms. The van der Waals surface area contributed by atoms with Crippen molar-refractivity contribution in [3.63, 3.8) is 0 Å². The molecule has 0 amide bonds.